The van der Waals surface area contributed by atoms with Crippen LogP contribution < -0.4 is 10.0 Å². The molecular formula is C23H29N3O3S. The van der Waals surface area contributed by atoms with Gasteiger partial charge in [-0.1, -0.05) is 50.1 Å². The Hall–Kier alpha value is -2.66. The molecule has 1 amide bonds. The molecule has 0 heterocycles. The maximum Gasteiger partial charge on any atom is 0.251 e. The van der Waals surface area contributed by atoms with Gasteiger partial charge in [-0.3, -0.25) is 9.69 Å². The van der Waals surface area contributed by atoms with E-state index in [0.717, 1.165) is 19.5 Å². The number of sulfonamides is 1. The molecule has 0 spiro atoms. The van der Waals surface area contributed by atoms with Crippen molar-refractivity contribution in [3.63, 3.8) is 0 Å². The van der Waals surface area contributed by atoms with Crippen LogP contribution in [0.1, 0.15) is 29.8 Å². The summed E-state index contributed by atoms with van der Waals surface area (Å²) in [4.78, 5) is 15.0. The Morgan fingerprint density at radius 3 is 2.27 bits per heavy atom. The number of nitrogens with one attached hydrogen (secondary N) is 2. The van der Waals surface area contributed by atoms with Gasteiger partial charge in [0.15, 0.2) is 0 Å². The molecule has 0 saturated carbocycles. The highest BCUT2D eigenvalue weighted by atomic mass is 32.2. The van der Waals surface area contributed by atoms with Gasteiger partial charge in [-0.15, -0.1) is 6.42 Å². The summed E-state index contributed by atoms with van der Waals surface area (Å²) in [6.45, 7) is 6.41. The number of amides is 1. The molecule has 0 fully saturated rings. The van der Waals surface area contributed by atoms with Crippen LogP contribution in [0.15, 0.2) is 59.5 Å². The van der Waals surface area contributed by atoms with Gasteiger partial charge < -0.3 is 5.32 Å². The van der Waals surface area contributed by atoms with Crippen molar-refractivity contribution in [1.29, 1.82) is 0 Å². The summed E-state index contributed by atoms with van der Waals surface area (Å²) in [5.41, 5.74) is 1.63. The van der Waals surface area contributed by atoms with Gasteiger partial charge in [0.1, 0.15) is 0 Å². The van der Waals surface area contributed by atoms with Gasteiger partial charge in [-0.05, 0) is 49.3 Å². The lowest BCUT2D eigenvalue weighted by Crippen LogP contribution is -2.45. The van der Waals surface area contributed by atoms with Crippen molar-refractivity contribution in [3.05, 3.63) is 65.7 Å². The highest BCUT2D eigenvalue weighted by Gasteiger charge is 2.18. The lowest BCUT2D eigenvalue weighted by molar-refractivity contribution is 0.0934. The molecule has 7 heteroatoms. The highest BCUT2D eigenvalue weighted by molar-refractivity contribution is 7.89. The van der Waals surface area contributed by atoms with E-state index in [-0.39, 0.29) is 23.4 Å². The molecule has 1 unspecified atom stereocenters. The Bertz CT molecular complexity index is 947. The van der Waals surface area contributed by atoms with Crippen LogP contribution in [0.5, 0.6) is 0 Å². The summed E-state index contributed by atoms with van der Waals surface area (Å²) in [5, 5.41) is 2.99. The van der Waals surface area contributed by atoms with Gasteiger partial charge in [0.2, 0.25) is 10.0 Å². The monoisotopic (exact) mass is 427 g/mol. The van der Waals surface area contributed by atoms with E-state index in [1.807, 2.05) is 18.2 Å². The van der Waals surface area contributed by atoms with Crippen molar-refractivity contribution in [1.82, 2.24) is 14.9 Å². The molecule has 160 valence electrons. The number of hydrogen-bond donors (Lipinski definition) is 2. The topological polar surface area (TPSA) is 78.5 Å². The molecule has 0 aliphatic carbocycles. The van der Waals surface area contributed by atoms with Gasteiger partial charge in [0.25, 0.3) is 5.91 Å². The lowest BCUT2D eigenvalue weighted by atomic mass is 10.0. The van der Waals surface area contributed by atoms with Crippen molar-refractivity contribution in [2.75, 3.05) is 26.2 Å². The predicted molar refractivity (Wildman–Crippen MR) is 120 cm³/mol. The zero-order valence-electron chi connectivity index (χ0n) is 17.5. The first-order valence-corrected chi connectivity index (χ1v) is 11.5. The minimum atomic E-state index is -3.67. The smallest absolute Gasteiger partial charge is 0.251 e. The molecule has 30 heavy (non-hydrogen) atoms. The first-order chi connectivity index (χ1) is 14.4. The number of nitrogens with zero attached hydrogens (tertiary/aromatic N) is 1. The molecule has 0 saturated heterocycles. The number of terminal acetylenes is 1. The molecule has 2 N–H and O–H groups in total. The standard InChI is InChI=1S/C23H29N3O3S/c1-4-16-25-30(28,29)22-14-12-20(13-15-22)23(27)24-18-21(26(5-2)6-3)17-19-10-8-7-9-11-19/h1,7-15,21,25H,5-6,16-18H2,2-3H3,(H,24,27). The normalized spacial score (nSPS) is 12.3. The summed E-state index contributed by atoms with van der Waals surface area (Å²) in [6, 6.07) is 16.2. The molecule has 0 aliphatic heterocycles. The molecule has 0 bridgehead atoms. The molecule has 1 atom stereocenters. The van der Waals surface area contributed by atoms with Gasteiger partial charge in [0.05, 0.1) is 11.4 Å². The fourth-order valence-electron chi connectivity index (χ4n) is 3.27. The zero-order chi connectivity index (χ0) is 22.0. The van der Waals surface area contributed by atoms with Gasteiger partial charge in [-0.2, -0.15) is 4.72 Å². The number of carbonyl (C=O) groups is 1. The van der Waals surface area contributed by atoms with E-state index in [9.17, 15) is 13.2 Å². The number of carbonyl (C=O) groups excluding carboxylic acids is 1. The Balaban J connectivity index is 2.05. The van der Waals surface area contributed by atoms with E-state index < -0.39 is 10.0 Å². The van der Waals surface area contributed by atoms with E-state index in [4.69, 9.17) is 6.42 Å². The van der Waals surface area contributed by atoms with Gasteiger partial charge in [0, 0.05) is 18.2 Å². The molecule has 0 aliphatic rings. The van der Waals surface area contributed by atoms with E-state index in [1.165, 1.54) is 29.8 Å². The van der Waals surface area contributed by atoms with Crippen molar-refractivity contribution in [3.8, 4) is 12.3 Å². The molecule has 2 rings (SSSR count). The average Bonchev–Trinajstić information content (AvgIpc) is 2.77. The largest absolute Gasteiger partial charge is 0.350 e. The van der Waals surface area contributed by atoms with Crippen LogP contribution in [0, 0.1) is 12.3 Å². The van der Waals surface area contributed by atoms with Crippen LogP contribution in [0.25, 0.3) is 0 Å². The third-order valence-electron chi connectivity index (χ3n) is 4.93. The fraction of sp³-hybridized carbons (Fsp3) is 0.348. The summed E-state index contributed by atoms with van der Waals surface area (Å²) in [7, 11) is -3.67. The Kier molecular flexibility index (Phi) is 9.06. The van der Waals surface area contributed by atoms with E-state index in [0.29, 0.717) is 12.1 Å². The Morgan fingerprint density at radius 2 is 1.70 bits per heavy atom. The first-order valence-electron chi connectivity index (χ1n) is 10.0. The molecule has 6 nitrogen and oxygen atoms in total. The summed E-state index contributed by atoms with van der Waals surface area (Å²) in [6.07, 6.45) is 5.93. The van der Waals surface area contributed by atoms with E-state index >= 15 is 0 Å². The second-order valence-electron chi connectivity index (χ2n) is 6.83. The number of likely N-dealkylation sites (N-methyl/N-ethyl adjacent to an activating group) is 1. The number of rotatable bonds is 11. The summed E-state index contributed by atoms with van der Waals surface area (Å²) < 4.78 is 26.5. The second kappa shape index (κ2) is 11.5. The maximum absolute atomic E-state index is 12.6. The first kappa shape index (κ1) is 23.6. The van der Waals surface area contributed by atoms with Crippen LogP contribution in [-0.4, -0.2) is 51.4 Å². The number of hydrogen-bond acceptors (Lipinski definition) is 4. The van der Waals surface area contributed by atoms with Crippen molar-refractivity contribution in [2.45, 2.75) is 31.2 Å². The summed E-state index contributed by atoms with van der Waals surface area (Å²) >= 11 is 0. The van der Waals surface area contributed by atoms with Crippen LogP contribution in [-0.2, 0) is 16.4 Å². The van der Waals surface area contributed by atoms with E-state index in [2.05, 4.69) is 46.8 Å². The second-order valence-corrected chi connectivity index (χ2v) is 8.59. The Morgan fingerprint density at radius 1 is 1.07 bits per heavy atom. The van der Waals surface area contributed by atoms with E-state index in [1.54, 1.807) is 0 Å². The quantitative estimate of drug-likeness (QED) is 0.540. The third-order valence-corrected chi connectivity index (χ3v) is 6.35. The van der Waals surface area contributed by atoms with Crippen molar-refractivity contribution < 1.29 is 13.2 Å². The minimum Gasteiger partial charge on any atom is -0.350 e. The fourth-order valence-corrected chi connectivity index (χ4v) is 4.21. The maximum atomic E-state index is 12.6. The van der Waals surface area contributed by atoms with Crippen molar-refractivity contribution >= 4 is 15.9 Å². The van der Waals surface area contributed by atoms with Crippen LogP contribution >= 0.6 is 0 Å². The van der Waals surface area contributed by atoms with Crippen LogP contribution in [0.4, 0.5) is 0 Å². The molecule has 2 aromatic carbocycles. The van der Waals surface area contributed by atoms with Crippen molar-refractivity contribution in [2.24, 2.45) is 0 Å². The van der Waals surface area contributed by atoms with Gasteiger partial charge >= 0.3 is 0 Å². The molecule has 2 aromatic rings. The van der Waals surface area contributed by atoms with Crippen LogP contribution in [0.2, 0.25) is 0 Å². The molecule has 0 aromatic heterocycles. The zero-order valence-corrected chi connectivity index (χ0v) is 18.3. The minimum absolute atomic E-state index is 0.0689. The summed E-state index contributed by atoms with van der Waals surface area (Å²) in [5.74, 6) is 1.99. The van der Waals surface area contributed by atoms with Gasteiger partial charge in [-0.25, -0.2) is 8.42 Å². The third kappa shape index (κ3) is 6.70. The Labute approximate surface area is 179 Å². The predicted octanol–water partition coefficient (Wildman–Crippen LogP) is 2.28. The lowest BCUT2D eigenvalue weighted by Gasteiger charge is -2.30. The SMILES string of the molecule is C#CCNS(=O)(=O)c1ccc(C(=O)NCC(Cc2ccccc2)N(CC)CC)cc1. The molecular weight excluding hydrogens is 398 g/mol. The highest BCUT2D eigenvalue weighted by Crippen LogP contribution is 2.12. The number of benzene rings is 2. The molecule has 0 radical (unpaired) electrons. The van der Waals surface area contributed by atoms with Crippen LogP contribution in [0.3, 0.4) is 0 Å². The average molecular weight is 428 g/mol.